The van der Waals surface area contributed by atoms with Crippen molar-refractivity contribution in [2.75, 3.05) is 0 Å². The van der Waals surface area contributed by atoms with Gasteiger partial charge in [0.1, 0.15) is 12.3 Å². The van der Waals surface area contributed by atoms with Crippen LogP contribution in [0.3, 0.4) is 0 Å². The van der Waals surface area contributed by atoms with Crippen molar-refractivity contribution in [1.29, 1.82) is 0 Å². The summed E-state index contributed by atoms with van der Waals surface area (Å²) in [6.07, 6.45) is 0. The third kappa shape index (κ3) is 5.37. The third-order valence-corrected chi connectivity index (χ3v) is 4.03. The van der Waals surface area contributed by atoms with Gasteiger partial charge < -0.3 is 10.1 Å². The van der Waals surface area contributed by atoms with Crippen molar-refractivity contribution in [3.63, 3.8) is 0 Å². The van der Waals surface area contributed by atoms with Crippen molar-refractivity contribution >= 4 is 5.91 Å². The molecule has 27 heavy (non-hydrogen) atoms. The molecule has 0 aliphatic carbocycles. The molecule has 0 aliphatic rings. The topological polar surface area (TPSA) is 81.9 Å². The SMILES string of the molecule is CC(C)[C@H](NC(=O)Cn1nnc(COc2ccccc2)n1)c1ccccc1. The van der Waals surface area contributed by atoms with E-state index in [1.54, 1.807) is 0 Å². The molecule has 0 spiro atoms. The first-order valence-corrected chi connectivity index (χ1v) is 8.90. The predicted octanol–water partition coefficient (Wildman–Crippen LogP) is 2.77. The number of carbonyl (C=O) groups excluding carboxylic acids is 1. The Morgan fingerprint density at radius 1 is 1.07 bits per heavy atom. The van der Waals surface area contributed by atoms with Gasteiger partial charge in [0.25, 0.3) is 0 Å². The molecule has 2 aromatic carbocycles. The molecular weight excluding hydrogens is 342 g/mol. The van der Waals surface area contributed by atoms with E-state index in [1.807, 2.05) is 60.7 Å². The van der Waals surface area contributed by atoms with Gasteiger partial charge in [-0.3, -0.25) is 4.79 Å². The van der Waals surface area contributed by atoms with Gasteiger partial charge in [-0.1, -0.05) is 62.4 Å². The van der Waals surface area contributed by atoms with Crippen molar-refractivity contribution in [3.05, 3.63) is 72.1 Å². The Morgan fingerprint density at radius 3 is 2.41 bits per heavy atom. The van der Waals surface area contributed by atoms with E-state index in [9.17, 15) is 4.79 Å². The zero-order valence-electron chi connectivity index (χ0n) is 15.4. The lowest BCUT2D eigenvalue weighted by molar-refractivity contribution is -0.123. The Hall–Kier alpha value is -3.22. The monoisotopic (exact) mass is 365 g/mol. The van der Waals surface area contributed by atoms with Crippen LogP contribution in [0.2, 0.25) is 0 Å². The fraction of sp³-hybridized carbons (Fsp3) is 0.300. The van der Waals surface area contributed by atoms with Gasteiger partial charge in [-0.15, -0.1) is 10.2 Å². The minimum absolute atomic E-state index is 0.00832. The quantitative estimate of drug-likeness (QED) is 0.664. The van der Waals surface area contributed by atoms with E-state index in [1.165, 1.54) is 4.80 Å². The van der Waals surface area contributed by atoms with E-state index in [4.69, 9.17) is 4.74 Å². The second-order valence-electron chi connectivity index (χ2n) is 6.54. The fourth-order valence-electron chi connectivity index (χ4n) is 2.71. The summed E-state index contributed by atoms with van der Waals surface area (Å²) in [7, 11) is 0. The molecular formula is C20H23N5O2. The highest BCUT2D eigenvalue weighted by molar-refractivity contribution is 5.76. The highest BCUT2D eigenvalue weighted by atomic mass is 16.5. The van der Waals surface area contributed by atoms with E-state index in [0.717, 1.165) is 11.3 Å². The van der Waals surface area contributed by atoms with Gasteiger partial charge in [-0.25, -0.2) is 0 Å². The number of hydrogen-bond donors (Lipinski definition) is 1. The van der Waals surface area contributed by atoms with Crippen LogP contribution in [0.5, 0.6) is 5.75 Å². The van der Waals surface area contributed by atoms with Crippen LogP contribution in [0.1, 0.15) is 31.3 Å². The Labute approximate surface area is 158 Å². The van der Waals surface area contributed by atoms with Crippen molar-refractivity contribution in [1.82, 2.24) is 25.5 Å². The minimum Gasteiger partial charge on any atom is -0.485 e. The Bertz CT molecular complexity index is 849. The normalized spacial score (nSPS) is 12.0. The molecule has 1 atom stereocenters. The van der Waals surface area contributed by atoms with E-state index in [2.05, 4.69) is 34.6 Å². The summed E-state index contributed by atoms with van der Waals surface area (Å²) in [5.41, 5.74) is 1.07. The van der Waals surface area contributed by atoms with Crippen LogP contribution in [-0.2, 0) is 17.9 Å². The summed E-state index contributed by atoms with van der Waals surface area (Å²) in [5.74, 6) is 1.25. The van der Waals surface area contributed by atoms with E-state index in [-0.39, 0.29) is 31.0 Å². The number of ether oxygens (including phenoxy) is 1. The van der Waals surface area contributed by atoms with Crippen LogP contribution in [-0.4, -0.2) is 26.1 Å². The van der Waals surface area contributed by atoms with Gasteiger partial charge in [-0.05, 0) is 28.8 Å². The van der Waals surface area contributed by atoms with Crippen LogP contribution < -0.4 is 10.1 Å². The second-order valence-corrected chi connectivity index (χ2v) is 6.54. The molecule has 0 fully saturated rings. The molecule has 0 saturated carbocycles. The zero-order chi connectivity index (χ0) is 19.1. The molecule has 3 aromatic rings. The summed E-state index contributed by atoms with van der Waals surface area (Å²) < 4.78 is 5.59. The standard InChI is InChI=1S/C20H23N5O2/c1-15(2)20(16-9-5-3-6-10-16)21-19(26)13-25-23-18(22-24-25)14-27-17-11-7-4-8-12-17/h3-12,15,20H,13-14H2,1-2H3,(H,21,26)/t20-/m0/s1. The molecule has 1 aromatic heterocycles. The van der Waals surface area contributed by atoms with Crippen molar-refractivity contribution < 1.29 is 9.53 Å². The van der Waals surface area contributed by atoms with Crippen LogP contribution >= 0.6 is 0 Å². The Kier molecular flexibility index (Phi) is 6.14. The van der Waals surface area contributed by atoms with Crippen LogP contribution in [0, 0.1) is 5.92 Å². The first-order valence-electron chi connectivity index (χ1n) is 8.90. The number of para-hydroxylation sites is 1. The van der Waals surface area contributed by atoms with Crippen LogP contribution in [0.4, 0.5) is 0 Å². The van der Waals surface area contributed by atoms with Crippen LogP contribution in [0.25, 0.3) is 0 Å². The summed E-state index contributed by atoms with van der Waals surface area (Å²) in [6, 6.07) is 19.3. The molecule has 0 unspecified atom stereocenters. The second kappa shape index (κ2) is 8.93. The van der Waals surface area contributed by atoms with Gasteiger partial charge in [0.05, 0.1) is 6.04 Å². The van der Waals surface area contributed by atoms with Crippen molar-refractivity contribution in [3.8, 4) is 5.75 Å². The maximum atomic E-state index is 12.4. The minimum atomic E-state index is -0.162. The summed E-state index contributed by atoms with van der Waals surface area (Å²) >= 11 is 0. The first kappa shape index (κ1) is 18.6. The lowest BCUT2D eigenvalue weighted by Crippen LogP contribution is -2.34. The highest BCUT2D eigenvalue weighted by Crippen LogP contribution is 2.21. The summed E-state index contributed by atoms with van der Waals surface area (Å²) in [5, 5.41) is 15.1. The molecule has 1 amide bonds. The number of amides is 1. The average Bonchev–Trinajstić information content (AvgIpc) is 3.13. The first-order chi connectivity index (χ1) is 13.1. The van der Waals surface area contributed by atoms with Gasteiger partial charge >= 0.3 is 0 Å². The lowest BCUT2D eigenvalue weighted by Gasteiger charge is -2.22. The largest absolute Gasteiger partial charge is 0.485 e. The Morgan fingerprint density at radius 2 is 1.74 bits per heavy atom. The zero-order valence-corrected chi connectivity index (χ0v) is 15.4. The van der Waals surface area contributed by atoms with Gasteiger partial charge in [-0.2, -0.15) is 4.80 Å². The maximum absolute atomic E-state index is 12.4. The molecule has 7 heteroatoms. The van der Waals surface area contributed by atoms with Gasteiger partial charge in [0.2, 0.25) is 11.7 Å². The average molecular weight is 365 g/mol. The predicted molar refractivity (Wildman–Crippen MR) is 101 cm³/mol. The van der Waals surface area contributed by atoms with Crippen LogP contribution in [0.15, 0.2) is 60.7 Å². The number of hydrogen-bond acceptors (Lipinski definition) is 5. The van der Waals surface area contributed by atoms with E-state index >= 15 is 0 Å². The number of tetrazole rings is 1. The molecule has 0 bridgehead atoms. The Balaban J connectivity index is 1.55. The van der Waals surface area contributed by atoms with Crippen molar-refractivity contribution in [2.24, 2.45) is 5.92 Å². The highest BCUT2D eigenvalue weighted by Gasteiger charge is 2.19. The number of benzene rings is 2. The molecule has 1 heterocycles. The number of nitrogens with zero attached hydrogens (tertiary/aromatic N) is 4. The third-order valence-electron chi connectivity index (χ3n) is 4.03. The molecule has 0 aliphatic heterocycles. The molecule has 1 N–H and O–H groups in total. The fourth-order valence-corrected chi connectivity index (χ4v) is 2.71. The summed E-state index contributed by atoms with van der Waals surface area (Å²) in [4.78, 5) is 13.7. The molecule has 7 nitrogen and oxygen atoms in total. The van der Waals surface area contributed by atoms with Gasteiger partial charge in [0.15, 0.2) is 6.61 Å². The number of nitrogens with one attached hydrogen (secondary N) is 1. The number of rotatable bonds is 8. The smallest absolute Gasteiger partial charge is 0.244 e. The van der Waals surface area contributed by atoms with Crippen molar-refractivity contribution in [2.45, 2.75) is 33.0 Å². The molecule has 0 radical (unpaired) electrons. The lowest BCUT2D eigenvalue weighted by atomic mass is 9.96. The van der Waals surface area contributed by atoms with E-state index < -0.39 is 0 Å². The molecule has 140 valence electrons. The van der Waals surface area contributed by atoms with E-state index in [0.29, 0.717) is 5.82 Å². The number of carbonyl (C=O) groups is 1. The molecule has 3 rings (SSSR count). The summed E-state index contributed by atoms with van der Waals surface area (Å²) in [6.45, 7) is 4.36. The maximum Gasteiger partial charge on any atom is 0.244 e. The number of aromatic nitrogens is 4. The molecule has 0 saturated heterocycles. The van der Waals surface area contributed by atoms with Gasteiger partial charge in [0, 0.05) is 0 Å².